The number of nitro groups is 1. The average Bonchev–Trinajstić information content (AvgIpc) is 2.77. The van der Waals surface area contributed by atoms with Gasteiger partial charge in [-0.1, -0.05) is 6.07 Å². The maximum atomic E-state index is 10.9. The highest BCUT2D eigenvalue weighted by molar-refractivity contribution is 5.67. The number of benzene rings is 1. The lowest BCUT2D eigenvalue weighted by Gasteiger charge is -2.00. The molecule has 0 saturated carbocycles. The second kappa shape index (κ2) is 4.53. The molecule has 1 unspecified atom stereocenters. The Morgan fingerprint density at radius 2 is 2.17 bits per heavy atom. The summed E-state index contributed by atoms with van der Waals surface area (Å²) >= 11 is 0. The number of hydrogen-bond donors (Lipinski definition) is 1. The molecule has 0 spiro atoms. The van der Waals surface area contributed by atoms with E-state index < -0.39 is 11.0 Å². The molecule has 2 rings (SSSR count). The summed E-state index contributed by atoms with van der Waals surface area (Å²) in [4.78, 5) is 10.5. The third-order valence-electron chi connectivity index (χ3n) is 2.41. The standard InChI is InChI=1S/C11H12N4O3/c1-6-3-4-9(15(16)17)8(5-6)11-14-13-10(18-11)7(2)12/h3-5,7H,12H2,1-2H3. The van der Waals surface area contributed by atoms with E-state index in [1.807, 2.05) is 6.92 Å². The first-order valence-electron chi connectivity index (χ1n) is 5.33. The molecule has 94 valence electrons. The van der Waals surface area contributed by atoms with Crippen molar-refractivity contribution >= 4 is 5.69 Å². The zero-order valence-corrected chi connectivity index (χ0v) is 9.95. The molecule has 1 heterocycles. The molecule has 18 heavy (non-hydrogen) atoms. The van der Waals surface area contributed by atoms with Gasteiger partial charge in [0.1, 0.15) is 5.56 Å². The molecule has 0 saturated heterocycles. The van der Waals surface area contributed by atoms with E-state index in [-0.39, 0.29) is 17.5 Å². The highest BCUT2D eigenvalue weighted by atomic mass is 16.6. The summed E-state index contributed by atoms with van der Waals surface area (Å²) in [6.07, 6.45) is 0. The van der Waals surface area contributed by atoms with Crippen molar-refractivity contribution in [2.75, 3.05) is 0 Å². The van der Waals surface area contributed by atoms with E-state index in [0.717, 1.165) is 5.56 Å². The minimum Gasteiger partial charge on any atom is -0.419 e. The summed E-state index contributed by atoms with van der Waals surface area (Å²) in [6, 6.07) is 4.30. The van der Waals surface area contributed by atoms with E-state index in [1.54, 1.807) is 19.1 Å². The maximum Gasteiger partial charge on any atom is 0.282 e. The van der Waals surface area contributed by atoms with Crippen molar-refractivity contribution in [2.24, 2.45) is 5.73 Å². The largest absolute Gasteiger partial charge is 0.419 e. The number of aryl methyl sites for hydroxylation is 1. The third-order valence-corrected chi connectivity index (χ3v) is 2.41. The van der Waals surface area contributed by atoms with Crippen LogP contribution in [-0.2, 0) is 0 Å². The fraction of sp³-hybridized carbons (Fsp3) is 0.273. The van der Waals surface area contributed by atoms with Crippen LogP contribution < -0.4 is 5.73 Å². The van der Waals surface area contributed by atoms with Crippen molar-refractivity contribution < 1.29 is 9.34 Å². The van der Waals surface area contributed by atoms with Crippen LogP contribution in [0.1, 0.15) is 24.4 Å². The number of aromatic nitrogens is 2. The van der Waals surface area contributed by atoms with Gasteiger partial charge in [0.05, 0.1) is 11.0 Å². The minimum atomic E-state index is -0.482. The van der Waals surface area contributed by atoms with Crippen molar-refractivity contribution in [2.45, 2.75) is 19.9 Å². The van der Waals surface area contributed by atoms with Crippen molar-refractivity contribution in [3.8, 4) is 11.5 Å². The molecule has 0 radical (unpaired) electrons. The van der Waals surface area contributed by atoms with E-state index in [4.69, 9.17) is 10.2 Å². The van der Waals surface area contributed by atoms with Gasteiger partial charge in [-0.25, -0.2) is 0 Å². The molecular weight excluding hydrogens is 236 g/mol. The van der Waals surface area contributed by atoms with Crippen molar-refractivity contribution in [3.05, 3.63) is 39.8 Å². The highest BCUT2D eigenvalue weighted by Crippen LogP contribution is 2.30. The molecule has 0 aliphatic rings. The molecule has 1 atom stereocenters. The lowest BCUT2D eigenvalue weighted by atomic mass is 10.1. The Labute approximate surface area is 103 Å². The zero-order chi connectivity index (χ0) is 13.3. The first kappa shape index (κ1) is 12.2. The van der Waals surface area contributed by atoms with Crippen LogP contribution in [0.4, 0.5) is 5.69 Å². The SMILES string of the molecule is Cc1ccc([N+](=O)[O-])c(-c2nnc(C(C)N)o2)c1. The van der Waals surface area contributed by atoms with Crippen LogP contribution in [-0.4, -0.2) is 15.1 Å². The summed E-state index contributed by atoms with van der Waals surface area (Å²) in [5.74, 6) is 0.360. The lowest BCUT2D eigenvalue weighted by Crippen LogP contribution is -2.04. The Morgan fingerprint density at radius 1 is 1.44 bits per heavy atom. The highest BCUT2D eigenvalue weighted by Gasteiger charge is 2.21. The minimum absolute atomic E-state index is 0.0690. The molecular formula is C11H12N4O3. The number of rotatable bonds is 3. The van der Waals surface area contributed by atoms with Gasteiger partial charge in [-0.15, -0.1) is 10.2 Å². The van der Waals surface area contributed by atoms with Gasteiger partial charge in [-0.3, -0.25) is 10.1 Å². The first-order valence-corrected chi connectivity index (χ1v) is 5.33. The number of nitrogens with two attached hydrogens (primary N) is 1. The fourth-order valence-corrected chi connectivity index (χ4v) is 1.51. The van der Waals surface area contributed by atoms with Crippen LogP contribution in [0.2, 0.25) is 0 Å². The van der Waals surface area contributed by atoms with Gasteiger partial charge in [0.15, 0.2) is 0 Å². The van der Waals surface area contributed by atoms with E-state index in [1.165, 1.54) is 6.07 Å². The molecule has 0 bridgehead atoms. The van der Waals surface area contributed by atoms with Crippen molar-refractivity contribution in [1.29, 1.82) is 0 Å². The van der Waals surface area contributed by atoms with E-state index >= 15 is 0 Å². The van der Waals surface area contributed by atoms with Crippen molar-refractivity contribution in [1.82, 2.24) is 10.2 Å². The van der Waals surface area contributed by atoms with E-state index in [2.05, 4.69) is 10.2 Å². The van der Waals surface area contributed by atoms with Crippen LogP contribution in [0.5, 0.6) is 0 Å². The topological polar surface area (TPSA) is 108 Å². The summed E-state index contributed by atoms with van der Waals surface area (Å²) in [7, 11) is 0. The van der Waals surface area contributed by atoms with Crippen LogP contribution in [0.15, 0.2) is 22.6 Å². The van der Waals surface area contributed by atoms with Gasteiger partial charge in [-0.2, -0.15) is 0 Å². The van der Waals surface area contributed by atoms with Gasteiger partial charge in [0.2, 0.25) is 5.89 Å². The predicted octanol–water partition coefficient (Wildman–Crippen LogP) is 1.97. The van der Waals surface area contributed by atoms with Gasteiger partial charge in [-0.05, 0) is 25.5 Å². The number of nitrogens with zero attached hydrogens (tertiary/aromatic N) is 3. The predicted molar refractivity (Wildman–Crippen MR) is 63.7 cm³/mol. The van der Waals surface area contributed by atoms with Gasteiger partial charge in [0.25, 0.3) is 11.6 Å². The van der Waals surface area contributed by atoms with Crippen LogP contribution >= 0.6 is 0 Å². The van der Waals surface area contributed by atoms with E-state index in [9.17, 15) is 10.1 Å². The molecule has 2 aromatic rings. The van der Waals surface area contributed by atoms with Gasteiger partial charge < -0.3 is 10.2 Å². The van der Waals surface area contributed by atoms with Crippen LogP contribution in [0.3, 0.4) is 0 Å². The zero-order valence-electron chi connectivity index (χ0n) is 9.95. The Hall–Kier alpha value is -2.28. The Morgan fingerprint density at radius 3 is 2.72 bits per heavy atom. The van der Waals surface area contributed by atoms with Gasteiger partial charge >= 0.3 is 0 Å². The Balaban J connectivity index is 2.54. The van der Waals surface area contributed by atoms with Crippen LogP contribution in [0.25, 0.3) is 11.5 Å². The second-order valence-electron chi connectivity index (χ2n) is 4.01. The Kier molecular flexibility index (Phi) is 3.07. The quantitative estimate of drug-likeness (QED) is 0.657. The summed E-state index contributed by atoms with van der Waals surface area (Å²) in [6.45, 7) is 3.53. The molecule has 1 aromatic heterocycles. The summed E-state index contributed by atoms with van der Waals surface area (Å²) in [5, 5.41) is 18.5. The molecule has 7 nitrogen and oxygen atoms in total. The van der Waals surface area contributed by atoms with E-state index in [0.29, 0.717) is 5.56 Å². The first-order chi connectivity index (χ1) is 8.49. The Bertz CT molecular complexity index is 592. The third kappa shape index (κ3) is 2.21. The summed E-state index contributed by atoms with van der Waals surface area (Å²) < 4.78 is 5.33. The second-order valence-corrected chi connectivity index (χ2v) is 4.01. The molecule has 0 aliphatic carbocycles. The molecule has 7 heteroatoms. The molecule has 1 aromatic carbocycles. The fourth-order valence-electron chi connectivity index (χ4n) is 1.51. The molecule has 0 aliphatic heterocycles. The number of nitro benzene ring substituents is 1. The molecule has 0 fully saturated rings. The summed E-state index contributed by atoms with van der Waals surface area (Å²) in [5.41, 5.74) is 6.71. The molecule has 0 amide bonds. The van der Waals surface area contributed by atoms with Crippen molar-refractivity contribution in [3.63, 3.8) is 0 Å². The maximum absolute atomic E-state index is 10.9. The number of hydrogen-bond acceptors (Lipinski definition) is 6. The monoisotopic (exact) mass is 248 g/mol. The normalized spacial score (nSPS) is 12.4. The molecule has 2 N–H and O–H groups in total. The lowest BCUT2D eigenvalue weighted by molar-refractivity contribution is -0.384. The smallest absolute Gasteiger partial charge is 0.282 e. The van der Waals surface area contributed by atoms with Gasteiger partial charge in [0, 0.05) is 6.07 Å². The van der Waals surface area contributed by atoms with Crippen LogP contribution in [0, 0.1) is 17.0 Å². The average molecular weight is 248 g/mol.